The maximum absolute atomic E-state index is 9.09. The van der Waals surface area contributed by atoms with Gasteiger partial charge in [-0.2, -0.15) is 5.26 Å². The normalized spacial score (nSPS) is 13.9. The monoisotopic (exact) mass is 218 g/mol. The Morgan fingerprint density at radius 3 is 2.62 bits per heavy atom. The third-order valence-corrected chi connectivity index (χ3v) is 2.84. The van der Waals surface area contributed by atoms with Gasteiger partial charge in [0.25, 0.3) is 0 Å². The molecule has 1 aromatic rings. The van der Waals surface area contributed by atoms with Crippen LogP contribution in [0.25, 0.3) is 0 Å². The van der Waals surface area contributed by atoms with Crippen LogP contribution < -0.4 is 5.32 Å². The van der Waals surface area contributed by atoms with Crippen molar-refractivity contribution in [2.75, 3.05) is 12.4 Å². The number of aryl methyl sites for hydroxylation is 1. The largest absolute Gasteiger partial charge is 0.380 e. The van der Waals surface area contributed by atoms with E-state index >= 15 is 0 Å². The summed E-state index contributed by atoms with van der Waals surface area (Å²) in [4.78, 5) is 0. The van der Waals surface area contributed by atoms with Gasteiger partial charge in [-0.25, -0.2) is 0 Å². The number of benzene rings is 1. The Bertz CT molecular complexity index is 395. The molecule has 0 bridgehead atoms. The van der Waals surface area contributed by atoms with Crippen LogP contribution in [0.5, 0.6) is 0 Å². The second-order valence-corrected chi connectivity index (χ2v) is 3.98. The van der Waals surface area contributed by atoms with Crippen LogP contribution in [-0.4, -0.2) is 19.3 Å². The van der Waals surface area contributed by atoms with Crippen LogP contribution in [0, 0.1) is 18.3 Å². The Morgan fingerprint density at radius 2 is 2.06 bits per heavy atom. The van der Waals surface area contributed by atoms with Crippen molar-refractivity contribution >= 4 is 5.69 Å². The highest BCUT2D eigenvalue weighted by Gasteiger charge is 2.13. The van der Waals surface area contributed by atoms with Crippen LogP contribution in [-0.2, 0) is 4.74 Å². The second-order valence-electron chi connectivity index (χ2n) is 3.98. The first-order chi connectivity index (χ1) is 7.60. The predicted octanol–water partition coefficient (Wildman–Crippen LogP) is 2.70. The molecule has 0 heterocycles. The highest BCUT2D eigenvalue weighted by molar-refractivity contribution is 5.61. The quantitative estimate of drug-likeness (QED) is 0.845. The van der Waals surface area contributed by atoms with E-state index < -0.39 is 0 Å². The van der Waals surface area contributed by atoms with E-state index in [4.69, 9.17) is 10.00 Å². The fraction of sp³-hybridized carbons (Fsp3) is 0.462. The highest BCUT2D eigenvalue weighted by Crippen LogP contribution is 2.19. The van der Waals surface area contributed by atoms with Gasteiger partial charge in [-0.3, -0.25) is 0 Å². The van der Waals surface area contributed by atoms with E-state index in [1.54, 1.807) is 7.11 Å². The topological polar surface area (TPSA) is 45.0 Å². The zero-order chi connectivity index (χ0) is 12.1. The van der Waals surface area contributed by atoms with Crippen molar-refractivity contribution in [1.29, 1.82) is 5.26 Å². The smallest absolute Gasteiger partial charge is 0.102 e. The van der Waals surface area contributed by atoms with Gasteiger partial charge in [0, 0.05) is 13.2 Å². The minimum Gasteiger partial charge on any atom is -0.380 e. The molecule has 0 fully saturated rings. The van der Waals surface area contributed by atoms with Crippen molar-refractivity contribution in [2.45, 2.75) is 32.9 Å². The summed E-state index contributed by atoms with van der Waals surface area (Å²) >= 11 is 0. The van der Waals surface area contributed by atoms with E-state index in [0.717, 1.165) is 11.3 Å². The number of hydrogen-bond donors (Lipinski definition) is 1. The van der Waals surface area contributed by atoms with E-state index in [2.05, 4.69) is 11.4 Å². The SMILES string of the molecule is COC(C)C(C)Nc1cccc(C)c1C#N. The molecule has 0 saturated carbocycles. The van der Waals surface area contributed by atoms with Crippen molar-refractivity contribution in [2.24, 2.45) is 0 Å². The zero-order valence-corrected chi connectivity index (χ0v) is 10.2. The van der Waals surface area contributed by atoms with E-state index in [1.165, 1.54) is 0 Å². The number of ether oxygens (including phenoxy) is 1. The van der Waals surface area contributed by atoms with E-state index in [9.17, 15) is 0 Å². The van der Waals surface area contributed by atoms with E-state index in [1.807, 2.05) is 39.0 Å². The Labute approximate surface area is 97.0 Å². The molecular weight excluding hydrogens is 200 g/mol. The lowest BCUT2D eigenvalue weighted by Crippen LogP contribution is -2.30. The van der Waals surface area contributed by atoms with Gasteiger partial charge in [-0.05, 0) is 32.4 Å². The molecule has 0 spiro atoms. The zero-order valence-electron chi connectivity index (χ0n) is 10.2. The summed E-state index contributed by atoms with van der Waals surface area (Å²) in [6, 6.07) is 8.20. The maximum Gasteiger partial charge on any atom is 0.102 e. The van der Waals surface area contributed by atoms with Crippen LogP contribution in [0.2, 0.25) is 0 Å². The van der Waals surface area contributed by atoms with Crippen molar-refractivity contribution in [3.05, 3.63) is 29.3 Å². The number of nitrogens with zero attached hydrogens (tertiary/aromatic N) is 1. The van der Waals surface area contributed by atoms with Crippen molar-refractivity contribution < 1.29 is 4.74 Å². The molecule has 0 saturated heterocycles. The third kappa shape index (κ3) is 2.74. The number of nitrogens with one attached hydrogen (secondary N) is 1. The van der Waals surface area contributed by atoms with E-state index in [-0.39, 0.29) is 12.1 Å². The number of anilines is 1. The molecular formula is C13H18N2O. The number of methoxy groups -OCH3 is 1. The van der Waals surface area contributed by atoms with Gasteiger partial charge in [0.2, 0.25) is 0 Å². The van der Waals surface area contributed by atoms with Crippen molar-refractivity contribution in [1.82, 2.24) is 0 Å². The predicted molar refractivity (Wildman–Crippen MR) is 65.4 cm³/mol. The van der Waals surface area contributed by atoms with E-state index in [0.29, 0.717) is 5.56 Å². The molecule has 1 rings (SSSR count). The molecule has 0 aliphatic carbocycles. The molecule has 0 amide bonds. The molecule has 1 N–H and O–H groups in total. The summed E-state index contributed by atoms with van der Waals surface area (Å²) in [5.74, 6) is 0. The molecule has 16 heavy (non-hydrogen) atoms. The Morgan fingerprint density at radius 1 is 1.38 bits per heavy atom. The molecule has 2 unspecified atom stereocenters. The van der Waals surface area contributed by atoms with Crippen molar-refractivity contribution in [3.63, 3.8) is 0 Å². The molecule has 1 aromatic carbocycles. The summed E-state index contributed by atoms with van der Waals surface area (Å²) in [6.45, 7) is 5.98. The Hall–Kier alpha value is -1.53. The Kier molecular flexibility index (Phi) is 4.33. The summed E-state index contributed by atoms with van der Waals surface area (Å²) < 4.78 is 5.24. The average Bonchev–Trinajstić information content (AvgIpc) is 2.28. The molecule has 0 aliphatic heterocycles. The molecule has 0 radical (unpaired) electrons. The first-order valence-corrected chi connectivity index (χ1v) is 5.39. The Balaban J connectivity index is 2.90. The molecule has 0 aliphatic rings. The highest BCUT2D eigenvalue weighted by atomic mass is 16.5. The van der Waals surface area contributed by atoms with Gasteiger partial charge in [-0.15, -0.1) is 0 Å². The lowest BCUT2D eigenvalue weighted by Gasteiger charge is -2.22. The minimum absolute atomic E-state index is 0.104. The fourth-order valence-electron chi connectivity index (χ4n) is 1.50. The minimum atomic E-state index is 0.104. The van der Waals surface area contributed by atoms with Crippen LogP contribution in [0.1, 0.15) is 25.0 Å². The molecule has 3 heteroatoms. The van der Waals surface area contributed by atoms with Crippen LogP contribution in [0.15, 0.2) is 18.2 Å². The van der Waals surface area contributed by atoms with Crippen LogP contribution >= 0.6 is 0 Å². The van der Waals surface area contributed by atoms with Gasteiger partial charge in [-0.1, -0.05) is 12.1 Å². The van der Waals surface area contributed by atoms with Gasteiger partial charge < -0.3 is 10.1 Å². The maximum atomic E-state index is 9.09. The number of nitriles is 1. The summed E-state index contributed by atoms with van der Waals surface area (Å²) in [7, 11) is 1.68. The lowest BCUT2D eigenvalue weighted by molar-refractivity contribution is 0.106. The first kappa shape index (κ1) is 12.5. The summed E-state index contributed by atoms with van der Waals surface area (Å²) in [6.07, 6.45) is 0.104. The van der Waals surface area contributed by atoms with Gasteiger partial charge in [0.1, 0.15) is 6.07 Å². The molecule has 3 nitrogen and oxygen atoms in total. The summed E-state index contributed by atoms with van der Waals surface area (Å²) in [5.41, 5.74) is 2.57. The molecule has 2 atom stereocenters. The fourth-order valence-corrected chi connectivity index (χ4v) is 1.50. The van der Waals surface area contributed by atoms with Crippen LogP contribution in [0.3, 0.4) is 0 Å². The van der Waals surface area contributed by atoms with Crippen LogP contribution in [0.4, 0.5) is 5.69 Å². The van der Waals surface area contributed by atoms with Gasteiger partial charge >= 0.3 is 0 Å². The lowest BCUT2D eigenvalue weighted by atomic mass is 10.1. The average molecular weight is 218 g/mol. The van der Waals surface area contributed by atoms with Crippen molar-refractivity contribution in [3.8, 4) is 6.07 Å². The van der Waals surface area contributed by atoms with Gasteiger partial charge in [0.15, 0.2) is 0 Å². The molecule has 86 valence electrons. The standard InChI is InChI=1S/C13H18N2O/c1-9-6-5-7-13(12(9)8-14)15-10(2)11(3)16-4/h5-7,10-11,15H,1-4H3. The summed E-state index contributed by atoms with van der Waals surface area (Å²) in [5, 5.41) is 12.4. The molecule has 0 aromatic heterocycles. The number of rotatable bonds is 4. The third-order valence-electron chi connectivity index (χ3n) is 2.84. The number of hydrogen-bond acceptors (Lipinski definition) is 3. The first-order valence-electron chi connectivity index (χ1n) is 5.39. The second kappa shape index (κ2) is 5.53. The van der Waals surface area contributed by atoms with Gasteiger partial charge in [0.05, 0.1) is 17.4 Å².